The highest BCUT2D eigenvalue weighted by atomic mass is 28.3. The minimum absolute atomic E-state index is 0.0316. The molecular formula is C16H25F3N4Si. The molecule has 0 saturated carbocycles. The van der Waals surface area contributed by atoms with Crippen molar-refractivity contribution < 1.29 is 13.2 Å². The van der Waals surface area contributed by atoms with Crippen LogP contribution in [0.25, 0.3) is 0 Å². The number of alkyl halides is 3. The largest absolute Gasteiger partial charge is 0.433 e. The van der Waals surface area contributed by atoms with Crippen molar-refractivity contribution in [1.29, 1.82) is 0 Å². The molecule has 0 aliphatic carbocycles. The highest BCUT2D eigenvalue weighted by molar-refractivity contribution is 6.90. The summed E-state index contributed by atoms with van der Waals surface area (Å²) in [5.74, 6) is 7.77. The van der Waals surface area contributed by atoms with Gasteiger partial charge in [0, 0.05) is 6.07 Å². The van der Waals surface area contributed by atoms with Crippen molar-refractivity contribution in [1.82, 2.24) is 9.97 Å². The molecule has 4 nitrogen and oxygen atoms in total. The Balaban J connectivity index is 3.46. The van der Waals surface area contributed by atoms with Gasteiger partial charge in [0.25, 0.3) is 0 Å². The van der Waals surface area contributed by atoms with E-state index < -0.39 is 19.9 Å². The molecule has 1 aromatic rings. The van der Waals surface area contributed by atoms with Crippen LogP contribution < -0.4 is 11.3 Å². The molecule has 0 unspecified atom stereocenters. The van der Waals surface area contributed by atoms with E-state index in [1.807, 2.05) is 0 Å². The topological polar surface area (TPSA) is 63.8 Å². The first-order valence-electron chi connectivity index (χ1n) is 7.91. The average molecular weight is 358 g/mol. The fourth-order valence-electron chi connectivity index (χ4n) is 3.33. The second-order valence-corrected chi connectivity index (χ2v) is 12.3. The standard InChI is InChI=1S/C16H25F3N4Si/c1-10(2)24(11(3)4,12(5)6)8-7-13-9-14(16(17,18)19)22-15(21-13)23-20/h9-12H,20H2,1-6H3,(H,21,22,23). The zero-order valence-electron chi connectivity index (χ0n) is 14.9. The molecule has 0 aliphatic heterocycles. The summed E-state index contributed by atoms with van der Waals surface area (Å²) in [5, 5.41) is 0. The van der Waals surface area contributed by atoms with Crippen LogP contribution in [0.3, 0.4) is 0 Å². The normalized spacial score (nSPS) is 12.5. The number of hydrogen-bond donors (Lipinski definition) is 2. The van der Waals surface area contributed by atoms with Gasteiger partial charge in [0.2, 0.25) is 5.95 Å². The van der Waals surface area contributed by atoms with Crippen LogP contribution in [-0.4, -0.2) is 18.0 Å². The number of rotatable bonds is 4. The van der Waals surface area contributed by atoms with E-state index in [1.165, 1.54) is 0 Å². The zero-order valence-corrected chi connectivity index (χ0v) is 15.9. The molecule has 0 spiro atoms. The fourth-order valence-corrected chi connectivity index (χ4v) is 8.54. The Morgan fingerprint density at radius 1 is 1.04 bits per heavy atom. The third kappa shape index (κ3) is 4.27. The number of nitrogens with two attached hydrogens (primary N) is 1. The molecular weight excluding hydrogens is 333 g/mol. The smallest absolute Gasteiger partial charge is 0.292 e. The molecule has 0 aliphatic rings. The summed E-state index contributed by atoms with van der Waals surface area (Å²) in [6, 6.07) is 0.869. The van der Waals surface area contributed by atoms with Gasteiger partial charge in [0.05, 0.1) is 0 Å². The predicted molar refractivity (Wildman–Crippen MR) is 92.8 cm³/mol. The van der Waals surface area contributed by atoms with Crippen molar-refractivity contribution >= 4 is 14.0 Å². The van der Waals surface area contributed by atoms with Gasteiger partial charge >= 0.3 is 6.18 Å². The number of hydrogen-bond acceptors (Lipinski definition) is 4. The van der Waals surface area contributed by atoms with E-state index in [0.29, 0.717) is 16.6 Å². The summed E-state index contributed by atoms with van der Waals surface area (Å²) < 4.78 is 38.8. The Kier molecular flexibility index (Phi) is 6.42. The Bertz CT molecular complexity index is 609. The van der Waals surface area contributed by atoms with Gasteiger partial charge in [-0.3, -0.25) is 5.43 Å². The third-order valence-electron chi connectivity index (χ3n) is 4.42. The van der Waals surface area contributed by atoms with Crippen LogP contribution in [-0.2, 0) is 6.18 Å². The number of anilines is 1. The highest BCUT2D eigenvalue weighted by Crippen LogP contribution is 2.40. The van der Waals surface area contributed by atoms with Crippen molar-refractivity contribution in [3.63, 3.8) is 0 Å². The summed E-state index contributed by atoms with van der Waals surface area (Å²) >= 11 is 0. The molecule has 0 amide bonds. The molecule has 1 rings (SSSR count). The van der Waals surface area contributed by atoms with Gasteiger partial charge in [-0.05, 0) is 16.6 Å². The number of hydrazine groups is 1. The van der Waals surface area contributed by atoms with Crippen molar-refractivity contribution in [2.24, 2.45) is 5.84 Å². The Labute approximate surface area is 142 Å². The number of nitrogens with one attached hydrogen (secondary N) is 1. The maximum Gasteiger partial charge on any atom is 0.433 e. The maximum atomic E-state index is 12.9. The van der Waals surface area contributed by atoms with Gasteiger partial charge < -0.3 is 0 Å². The van der Waals surface area contributed by atoms with Crippen molar-refractivity contribution in [2.75, 3.05) is 5.43 Å². The number of aromatic nitrogens is 2. The monoisotopic (exact) mass is 358 g/mol. The zero-order chi connectivity index (χ0) is 18.7. The van der Waals surface area contributed by atoms with Crippen molar-refractivity contribution in [3.05, 3.63) is 17.5 Å². The molecule has 0 radical (unpaired) electrons. The Hall–Kier alpha value is -1.59. The van der Waals surface area contributed by atoms with Crippen LogP contribution in [0.2, 0.25) is 16.6 Å². The quantitative estimate of drug-likeness (QED) is 0.363. The van der Waals surface area contributed by atoms with Crippen LogP contribution in [0, 0.1) is 11.5 Å². The first-order valence-corrected chi connectivity index (χ1v) is 10.1. The summed E-state index contributed by atoms with van der Waals surface area (Å²) in [6.07, 6.45) is -4.58. The van der Waals surface area contributed by atoms with Gasteiger partial charge in [-0.2, -0.15) is 13.2 Å². The Morgan fingerprint density at radius 3 is 1.92 bits per heavy atom. The maximum absolute atomic E-state index is 12.9. The highest BCUT2D eigenvalue weighted by Gasteiger charge is 2.41. The van der Waals surface area contributed by atoms with E-state index >= 15 is 0 Å². The summed E-state index contributed by atoms with van der Waals surface area (Å²) in [7, 11) is -2.06. The summed E-state index contributed by atoms with van der Waals surface area (Å²) in [6.45, 7) is 12.8. The van der Waals surface area contributed by atoms with Gasteiger partial charge in [0.15, 0.2) is 5.69 Å². The van der Waals surface area contributed by atoms with E-state index in [0.717, 1.165) is 6.07 Å². The molecule has 0 bridgehead atoms. The van der Waals surface area contributed by atoms with E-state index in [4.69, 9.17) is 5.84 Å². The summed E-state index contributed by atoms with van der Waals surface area (Å²) in [4.78, 5) is 7.29. The van der Waals surface area contributed by atoms with Gasteiger partial charge in [-0.25, -0.2) is 15.8 Å². The lowest BCUT2D eigenvalue weighted by atomic mass is 10.3. The molecule has 3 N–H and O–H groups in total. The SMILES string of the molecule is CC(C)[Si](C#Cc1cc(C(F)(F)F)nc(NN)n1)(C(C)C)C(C)C. The lowest BCUT2D eigenvalue weighted by Crippen LogP contribution is -2.43. The van der Waals surface area contributed by atoms with Crippen LogP contribution in [0.5, 0.6) is 0 Å². The van der Waals surface area contributed by atoms with Crippen LogP contribution >= 0.6 is 0 Å². The van der Waals surface area contributed by atoms with E-state index in [2.05, 4.69) is 68.4 Å². The van der Waals surface area contributed by atoms with Crippen LogP contribution in [0.15, 0.2) is 6.07 Å². The first-order chi connectivity index (χ1) is 10.9. The average Bonchev–Trinajstić information content (AvgIpc) is 2.45. The van der Waals surface area contributed by atoms with Gasteiger partial charge in [0.1, 0.15) is 13.8 Å². The van der Waals surface area contributed by atoms with Crippen LogP contribution in [0.1, 0.15) is 52.9 Å². The minimum atomic E-state index is -4.58. The Morgan fingerprint density at radius 2 is 1.54 bits per heavy atom. The molecule has 1 aromatic heterocycles. The second kappa shape index (κ2) is 7.53. The molecule has 1 heterocycles. The number of halogens is 3. The van der Waals surface area contributed by atoms with Gasteiger partial charge in [-0.1, -0.05) is 47.5 Å². The summed E-state index contributed by atoms with van der Waals surface area (Å²) in [5.41, 5.74) is 5.51. The molecule has 8 heteroatoms. The van der Waals surface area contributed by atoms with Crippen molar-refractivity contribution in [3.8, 4) is 11.5 Å². The molecule has 134 valence electrons. The molecule has 0 aromatic carbocycles. The molecule has 24 heavy (non-hydrogen) atoms. The minimum Gasteiger partial charge on any atom is -0.292 e. The van der Waals surface area contributed by atoms with Gasteiger partial charge in [-0.15, -0.1) is 5.54 Å². The number of nitrogen functional groups attached to an aromatic ring is 1. The van der Waals surface area contributed by atoms with E-state index in [-0.39, 0.29) is 11.6 Å². The number of nitrogens with zero attached hydrogens (tertiary/aromatic N) is 2. The lowest BCUT2D eigenvalue weighted by Gasteiger charge is -2.38. The second-order valence-electron chi connectivity index (χ2n) is 6.75. The lowest BCUT2D eigenvalue weighted by molar-refractivity contribution is -0.141. The molecule has 0 atom stereocenters. The fraction of sp³-hybridized carbons (Fsp3) is 0.625. The van der Waals surface area contributed by atoms with Crippen LogP contribution in [0.4, 0.5) is 19.1 Å². The third-order valence-corrected chi connectivity index (χ3v) is 10.7. The van der Waals surface area contributed by atoms with E-state index in [9.17, 15) is 13.2 Å². The van der Waals surface area contributed by atoms with Crippen molar-refractivity contribution in [2.45, 2.75) is 64.3 Å². The predicted octanol–water partition coefficient (Wildman–Crippen LogP) is 4.35. The molecule has 0 fully saturated rings. The molecule has 0 saturated heterocycles. The van der Waals surface area contributed by atoms with E-state index in [1.54, 1.807) is 0 Å². The first kappa shape index (κ1) is 20.5.